The first kappa shape index (κ1) is 13.6. The van der Waals surface area contributed by atoms with Gasteiger partial charge in [-0.15, -0.1) is 0 Å². The highest BCUT2D eigenvalue weighted by atomic mass is 35.5. The number of carboxylic acids is 1. The molecule has 1 N–H and O–H groups in total. The number of benzene rings is 1. The first-order valence-corrected chi connectivity index (χ1v) is 6.30. The number of aromatic carboxylic acids is 1. The van der Waals surface area contributed by atoms with Crippen LogP contribution in [0.5, 0.6) is 0 Å². The van der Waals surface area contributed by atoms with E-state index in [9.17, 15) is 14.7 Å². The van der Waals surface area contributed by atoms with E-state index in [2.05, 4.69) is 0 Å². The van der Waals surface area contributed by atoms with Gasteiger partial charge in [-0.2, -0.15) is 0 Å². The fourth-order valence-electron chi connectivity index (χ4n) is 2.30. The lowest BCUT2D eigenvalue weighted by Crippen LogP contribution is -2.20. The maximum atomic E-state index is 12.1. The van der Waals surface area contributed by atoms with Crippen molar-refractivity contribution in [3.8, 4) is 0 Å². The summed E-state index contributed by atoms with van der Waals surface area (Å²) in [5, 5.41) is 9.99. The van der Waals surface area contributed by atoms with Gasteiger partial charge in [0.15, 0.2) is 5.43 Å². The minimum atomic E-state index is -1.12. The second-order valence-corrected chi connectivity index (χ2v) is 5.16. The van der Waals surface area contributed by atoms with Gasteiger partial charge in [-0.05, 0) is 32.4 Å². The molecule has 2 rings (SSSR count). The van der Waals surface area contributed by atoms with E-state index in [1.54, 1.807) is 16.7 Å². The van der Waals surface area contributed by atoms with Gasteiger partial charge in [0.05, 0.1) is 15.9 Å². The van der Waals surface area contributed by atoms with Gasteiger partial charge in [0.25, 0.3) is 0 Å². The first-order chi connectivity index (χ1) is 8.84. The highest BCUT2D eigenvalue weighted by Gasteiger charge is 2.19. The molecule has 0 amide bonds. The molecule has 0 aliphatic heterocycles. The van der Waals surface area contributed by atoms with Crippen LogP contribution in [0.3, 0.4) is 0 Å². The third-order valence-electron chi connectivity index (χ3n) is 3.08. The molecule has 4 nitrogen and oxygen atoms in total. The molecular formula is C14H14ClNO3. The van der Waals surface area contributed by atoms with Crippen molar-refractivity contribution in [1.82, 2.24) is 4.57 Å². The molecule has 0 fully saturated rings. The van der Waals surface area contributed by atoms with E-state index in [1.165, 1.54) is 0 Å². The Morgan fingerprint density at radius 3 is 2.53 bits per heavy atom. The summed E-state index contributed by atoms with van der Waals surface area (Å²) in [7, 11) is 0. The number of fused-ring (bicyclic) bond motifs is 1. The van der Waals surface area contributed by atoms with E-state index in [0.29, 0.717) is 15.9 Å². The Morgan fingerprint density at radius 2 is 2.00 bits per heavy atom. The van der Waals surface area contributed by atoms with E-state index in [0.717, 1.165) is 11.6 Å². The zero-order chi connectivity index (χ0) is 14.3. The summed E-state index contributed by atoms with van der Waals surface area (Å²) in [5.41, 5.74) is 1.04. The summed E-state index contributed by atoms with van der Waals surface area (Å²) in [5.74, 6) is -1.12. The van der Waals surface area contributed by atoms with Gasteiger partial charge < -0.3 is 9.67 Å². The third-order valence-corrected chi connectivity index (χ3v) is 3.39. The number of hydrogen-bond acceptors (Lipinski definition) is 2. The van der Waals surface area contributed by atoms with Crippen molar-refractivity contribution in [2.45, 2.75) is 26.8 Å². The zero-order valence-electron chi connectivity index (χ0n) is 10.9. The molecule has 0 spiro atoms. The number of carbonyl (C=O) groups is 1. The van der Waals surface area contributed by atoms with Gasteiger partial charge in [-0.3, -0.25) is 4.79 Å². The smallest absolute Gasteiger partial charge is 0.352 e. The third kappa shape index (κ3) is 2.12. The SMILES string of the molecule is Cc1ccc(Cl)c2c(=O)cc(C(=O)O)n(C(C)C)c12. The summed E-state index contributed by atoms with van der Waals surface area (Å²) in [4.78, 5) is 23.4. The van der Waals surface area contributed by atoms with E-state index >= 15 is 0 Å². The lowest BCUT2D eigenvalue weighted by atomic mass is 10.1. The lowest BCUT2D eigenvalue weighted by molar-refractivity contribution is 0.0683. The van der Waals surface area contributed by atoms with Crippen LogP contribution < -0.4 is 5.43 Å². The first-order valence-electron chi connectivity index (χ1n) is 5.92. The van der Waals surface area contributed by atoms with E-state index < -0.39 is 5.97 Å². The molecule has 0 radical (unpaired) electrons. The lowest BCUT2D eigenvalue weighted by Gasteiger charge is -2.20. The minimum Gasteiger partial charge on any atom is -0.477 e. The van der Waals surface area contributed by atoms with Crippen molar-refractivity contribution < 1.29 is 9.90 Å². The number of carboxylic acid groups (broad SMARTS) is 1. The molecule has 1 aromatic heterocycles. The summed E-state index contributed by atoms with van der Waals surface area (Å²) in [6, 6.07) is 4.49. The molecule has 0 atom stereocenters. The number of aryl methyl sites for hydroxylation is 1. The summed E-state index contributed by atoms with van der Waals surface area (Å²) < 4.78 is 1.64. The highest BCUT2D eigenvalue weighted by Crippen LogP contribution is 2.27. The molecule has 5 heteroatoms. The van der Waals surface area contributed by atoms with E-state index in [-0.39, 0.29) is 17.2 Å². The molecule has 0 saturated carbocycles. The Kier molecular flexibility index (Phi) is 3.37. The Balaban J connectivity index is 3.13. The van der Waals surface area contributed by atoms with Crippen LogP contribution in [0.15, 0.2) is 23.0 Å². The Bertz CT molecular complexity index is 732. The van der Waals surface area contributed by atoms with Crippen molar-refractivity contribution in [3.05, 3.63) is 44.7 Å². The predicted octanol–water partition coefficient (Wildman–Crippen LogP) is 3.24. The molecule has 0 saturated heterocycles. The Hall–Kier alpha value is -1.81. The van der Waals surface area contributed by atoms with Crippen LogP contribution in [0, 0.1) is 6.92 Å². The Morgan fingerprint density at radius 1 is 1.37 bits per heavy atom. The monoisotopic (exact) mass is 279 g/mol. The topological polar surface area (TPSA) is 59.3 Å². The van der Waals surface area contributed by atoms with Gasteiger partial charge in [-0.1, -0.05) is 17.7 Å². The van der Waals surface area contributed by atoms with E-state index in [1.807, 2.05) is 20.8 Å². The molecule has 0 aliphatic carbocycles. The number of nitrogens with zero attached hydrogens (tertiary/aromatic N) is 1. The van der Waals surface area contributed by atoms with Crippen LogP contribution in [-0.2, 0) is 0 Å². The van der Waals surface area contributed by atoms with Crippen LogP contribution >= 0.6 is 11.6 Å². The van der Waals surface area contributed by atoms with Crippen LogP contribution in [0.1, 0.15) is 35.9 Å². The maximum Gasteiger partial charge on any atom is 0.352 e. The molecule has 19 heavy (non-hydrogen) atoms. The molecule has 0 bridgehead atoms. The minimum absolute atomic E-state index is 0.0159. The van der Waals surface area contributed by atoms with Gasteiger partial charge >= 0.3 is 5.97 Å². The summed E-state index contributed by atoms with van der Waals surface area (Å²) in [6.07, 6.45) is 0. The fourth-order valence-corrected chi connectivity index (χ4v) is 2.55. The number of pyridine rings is 1. The van der Waals surface area contributed by atoms with Crippen LogP contribution in [0.2, 0.25) is 5.02 Å². The van der Waals surface area contributed by atoms with Crippen LogP contribution in [-0.4, -0.2) is 15.6 Å². The highest BCUT2D eigenvalue weighted by molar-refractivity contribution is 6.35. The number of rotatable bonds is 2. The van der Waals surface area contributed by atoms with Crippen LogP contribution in [0.25, 0.3) is 10.9 Å². The summed E-state index contributed by atoms with van der Waals surface area (Å²) in [6.45, 7) is 5.58. The van der Waals surface area contributed by atoms with Crippen LogP contribution in [0.4, 0.5) is 0 Å². The normalized spacial score (nSPS) is 11.2. The zero-order valence-corrected chi connectivity index (χ0v) is 11.7. The van der Waals surface area contributed by atoms with E-state index in [4.69, 9.17) is 11.6 Å². The second kappa shape index (κ2) is 4.70. The predicted molar refractivity (Wildman–Crippen MR) is 75.3 cm³/mol. The molecule has 1 aromatic carbocycles. The van der Waals surface area contributed by atoms with Crippen molar-refractivity contribution in [1.29, 1.82) is 0 Å². The molecule has 1 heterocycles. The van der Waals surface area contributed by atoms with Gasteiger partial charge in [0.1, 0.15) is 5.69 Å². The number of halogens is 1. The summed E-state index contributed by atoms with van der Waals surface area (Å²) >= 11 is 6.08. The fraction of sp³-hybridized carbons (Fsp3) is 0.286. The van der Waals surface area contributed by atoms with Gasteiger partial charge in [0, 0.05) is 12.1 Å². The quantitative estimate of drug-likeness (QED) is 0.918. The maximum absolute atomic E-state index is 12.1. The standard InChI is InChI=1S/C14H14ClNO3/c1-7(2)16-10(14(18)19)6-11(17)12-9(15)5-4-8(3)13(12)16/h4-7H,1-3H3,(H,18,19). The molecule has 100 valence electrons. The largest absolute Gasteiger partial charge is 0.477 e. The molecule has 0 unspecified atom stereocenters. The molecular weight excluding hydrogens is 266 g/mol. The van der Waals surface area contributed by atoms with Crippen molar-refractivity contribution >= 4 is 28.5 Å². The number of hydrogen-bond donors (Lipinski definition) is 1. The Labute approximate surface area is 115 Å². The number of aromatic nitrogens is 1. The van der Waals surface area contributed by atoms with Gasteiger partial charge in [0.2, 0.25) is 0 Å². The van der Waals surface area contributed by atoms with Crippen molar-refractivity contribution in [3.63, 3.8) is 0 Å². The van der Waals surface area contributed by atoms with Crippen molar-refractivity contribution in [2.24, 2.45) is 0 Å². The molecule has 0 aliphatic rings. The second-order valence-electron chi connectivity index (χ2n) is 4.75. The average Bonchev–Trinajstić information content (AvgIpc) is 2.32. The van der Waals surface area contributed by atoms with Crippen molar-refractivity contribution in [2.75, 3.05) is 0 Å². The average molecular weight is 280 g/mol. The molecule has 2 aromatic rings. The van der Waals surface area contributed by atoms with Gasteiger partial charge in [-0.25, -0.2) is 4.79 Å².